The zero-order valence-electron chi connectivity index (χ0n) is 7.56. The van der Waals surface area contributed by atoms with Crippen molar-refractivity contribution in [3.8, 4) is 5.75 Å². The largest absolute Gasteiger partial charge is 0.489 e. The minimum absolute atomic E-state index is 0.0725. The molecule has 0 spiro atoms. The predicted molar refractivity (Wildman–Crippen MR) is 50.6 cm³/mol. The summed E-state index contributed by atoms with van der Waals surface area (Å²) in [4.78, 5) is 4.33. The second-order valence-corrected chi connectivity index (χ2v) is 3.89. The Hall–Kier alpha value is -0.940. The zero-order chi connectivity index (χ0) is 9.84. The van der Waals surface area contributed by atoms with Gasteiger partial charge < -0.3 is 4.74 Å². The van der Waals surface area contributed by atoms with Crippen LogP contribution in [0.2, 0.25) is 0 Å². The third-order valence-corrected chi connectivity index (χ3v) is 1.98. The van der Waals surface area contributed by atoms with Crippen LogP contribution in [0.15, 0.2) is 23.4 Å². The molecule has 2 N–H and O–H groups in total. The number of hydrogen-bond donors (Lipinski definition) is 1. The highest BCUT2D eigenvalue weighted by Crippen LogP contribution is 2.13. The molecule has 0 aliphatic carbocycles. The molecule has 1 heterocycles. The van der Waals surface area contributed by atoms with E-state index in [1.165, 1.54) is 6.20 Å². The van der Waals surface area contributed by atoms with Crippen molar-refractivity contribution >= 4 is 11.0 Å². The molecule has 0 aromatic carbocycles. The number of pyridine rings is 1. The maximum atomic E-state index is 10.9. The van der Waals surface area contributed by atoms with Crippen molar-refractivity contribution in [1.29, 1.82) is 0 Å². The monoisotopic (exact) mass is 200 g/mol. The van der Waals surface area contributed by atoms with Crippen LogP contribution in [0.5, 0.6) is 5.75 Å². The molecule has 72 valence electrons. The number of nitrogens with zero attached hydrogens (tertiary/aromatic N) is 1. The Morgan fingerprint density at radius 2 is 2.23 bits per heavy atom. The summed E-state index contributed by atoms with van der Waals surface area (Å²) in [5.41, 5.74) is 0. The Morgan fingerprint density at radius 3 is 2.77 bits per heavy atom. The molecule has 1 aromatic rings. The lowest BCUT2D eigenvalue weighted by molar-refractivity contribution is 0.241. The first kappa shape index (κ1) is 10.1. The maximum absolute atomic E-state index is 10.9. The van der Waals surface area contributed by atoms with Crippen molar-refractivity contribution < 1.29 is 8.95 Å². The molecule has 0 saturated heterocycles. The van der Waals surface area contributed by atoms with Gasteiger partial charge >= 0.3 is 0 Å². The molecule has 4 nitrogen and oxygen atoms in total. The Kier molecular flexibility index (Phi) is 3.39. The van der Waals surface area contributed by atoms with E-state index in [0.29, 0.717) is 10.6 Å². The van der Waals surface area contributed by atoms with Crippen LogP contribution in [-0.4, -0.2) is 15.3 Å². The van der Waals surface area contributed by atoms with Gasteiger partial charge in [0.15, 0.2) is 0 Å². The summed E-state index contributed by atoms with van der Waals surface area (Å²) >= 11 is 0. The topological polar surface area (TPSA) is 65.2 Å². The normalized spacial score (nSPS) is 12.9. The van der Waals surface area contributed by atoms with E-state index < -0.39 is 11.0 Å². The van der Waals surface area contributed by atoms with Gasteiger partial charge in [-0.05, 0) is 13.8 Å². The highest BCUT2D eigenvalue weighted by atomic mass is 32.2. The van der Waals surface area contributed by atoms with E-state index in [9.17, 15) is 4.21 Å². The van der Waals surface area contributed by atoms with Crippen LogP contribution in [-0.2, 0) is 11.0 Å². The second kappa shape index (κ2) is 4.34. The molecule has 1 unspecified atom stereocenters. The van der Waals surface area contributed by atoms with E-state index in [1.807, 2.05) is 13.8 Å². The third kappa shape index (κ3) is 3.12. The van der Waals surface area contributed by atoms with Gasteiger partial charge in [-0.1, -0.05) is 0 Å². The summed E-state index contributed by atoms with van der Waals surface area (Å²) in [6.07, 6.45) is 3.10. The van der Waals surface area contributed by atoms with Crippen LogP contribution in [0.3, 0.4) is 0 Å². The molecule has 0 fully saturated rings. The molecule has 1 aromatic heterocycles. The Labute approximate surface area is 79.7 Å². The highest BCUT2D eigenvalue weighted by molar-refractivity contribution is 7.82. The van der Waals surface area contributed by atoms with E-state index in [2.05, 4.69) is 4.98 Å². The minimum Gasteiger partial charge on any atom is -0.489 e. The maximum Gasteiger partial charge on any atom is 0.139 e. The fourth-order valence-corrected chi connectivity index (χ4v) is 1.24. The summed E-state index contributed by atoms with van der Waals surface area (Å²) in [5, 5.41) is 5.19. The van der Waals surface area contributed by atoms with Gasteiger partial charge in [0.05, 0.1) is 17.2 Å². The first-order chi connectivity index (χ1) is 6.09. The molecule has 0 bridgehead atoms. The van der Waals surface area contributed by atoms with E-state index in [0.717, 1.165) is 0 Å². The first-order valence-electron chi connectivity index (χ1n) is 3.87. The predicted octanol–water partition coefficient (Wildman–Crippen LogP) is 0.850. The standard InChI is InChI=1S/C8H12N2O2S/c1-6(2)12-7-3-8(13(9)11)5-10-4-7/h3-6H,9H2,1-2H3. The summed E-state index contributed by atoms with van der Waals surface area (Å²) in [6.45, 7) is 3.82. The molecule has 0 amide bonds. The lowest BCUT2D eigenvalue weighted by Gasteiger charge is -2.09. The lowest BCUT2D eigenvalue weighted by Crippen LogP contribution is -2.08. The van der Waals surface area contributed by atoms with Crippen molar-refractivity contribution in [3.63, 3.8) is 0 Å². The van der Waals surface area contributed by atoms with Crippen molar-refractivity contribution in [2.75, 3.05) is 0 Å². The van der Waals surface area contributed by atoms with E-state index in [1.54, 1.807) is 12.3 Å². The Balaban J connectivity index is 2.85. The van der Waals surface area contributed by atoms with Crippen molar-refractivity contribution in [2.24, 2.45) is 5.14 Å². The SMILES string of the molecule is CC(C)Oc1cncc(S(N)=O)c1. The van der Waals surface area contributed by atoms with Crippen LogP contribution in [0.25, 0.3) is 0 Å². The van der Waals surface area contributed by atoms with Crippen LogP contribution in [0, 0.1) is 0 Å². The van der Waals surface area contributed by atoms with Crippen LogP contribution in [0.4, 0.5) is 0 Å². The number of rotatable bonds is 3. The van der Waals surface area contributed by atoms with Gasteiger partial charge in [-0.3, -0.25) is 4.98 Å². The quantitative estimate of drug-likeness (QED) is 0.786. The average molecular weight is 200 g/mol. The number of ether oxygens (including phenoxy) is 1. The van der Waals surface area contributed by atoms with Crippen molar-refractivity contribution in [3.05, 3.63) is 18.5 Å². The molecule has 0 saturated carbocycles. The molecule has 13 heavy (non-hydrogen) atoms. The molecule has 0 radical (unpaired) electrons. The number of hydrogen-bond acceptors (Lipinski definition) is 3. The van der Waals surface area contributed by atoms with Crippen LogP contribution in [0.1, 0.15) is 13.8 Å². The second-order valence-electron chi connectivity index (χ2n) is 2.82. The van der Waals surface area contributed by atoms with Gasteiger partial charge in [0.2, 0.25) is 0 Å². The van der Waals surface area contributed by atoms with E-state index >= 15 is 0 Å². The summed E-state index contributed by atoms with van der Waals surface area (Å²) in [5.74, 6) is 0.589. The van der Waals surface area contributed by atoms with Gasteiger partial charge in [-0.25, -0.2) is 9.35 Å². The third-order valence-electron chi connectivity index (χ3n) is 1.29. The first-order valence-corrected chi connectivity index (χ1v) is 5.09. The molecular formula is C8H12N2O2S. The zero-order valence-corrected chi connectivity index (χ0v) is 8.38. The molecule has 1 rings (SSSR count). The minimum atomic E-state index is -1.50. The molecule has 0 aliphatic rings. The van der Waals surface area contributed by atoms with Crippen LogP contribution < -0.4 is 9.88 Å². The molecule has 1 atom stereocenters. The smallest absolute Gasteiger partial charge is 0.139 e. The summed E-state index contributed by atoms with van der Waals surface area (Å²) in [6, 6.07) is 1.63. The summed E-state index contributed by atoms with van der Waals surface area (Å²) < 4.78 is 16.2. The molecule has 5 heteroatoms. The Bertz CT molecular complexity index is 315. The van der Waals surface area contributed by atoms with Gasteiger partial charge in [-0.15, -0.1) is 0 Å². The highest BCUT2D eigenvalue weighted by Gasteiger charge is 2.02. The average Bonchev–Trinajstić information content (AvgIpc) is 2.03. The summed E-state index contributed by atoms with van der Waals surface area (Å²) in [7, 11) is -1.50. The number of nitrogens with two attached hydrogens (primary N) is 1. The van der Waals surface area contributed by atoms with Gasteiger partial charge in [0, 0.05) is 12.3 Å². The van der Waals surface area contributed by atoms with Crippen molar-refractivity contribution in [1.82, 2.24) is 4.98 Å². The fourth-order valence-electron chi connectivity index (χ4n) is 0.846. The Morgan fingerprint density at radius 1 is 1.54 bits per heavy atom. The van der Waals surface area contributed by atoms with Gasteiger partial charge in [0.1, 0.15) is 16.7 Å². The van der Waals surface area contributed by atoms with Gasteiger partial charge in [0.25, 0.3) is 0 Å². The molecule has 0 aliphatic heterocycles. The van der Waals surface area contributed by atoms with E-state index in [4.69, 9.17) is 9.88 Å². The van der Waals surface area contributed by atoms with E-state index in [-0.39, 0.29) is 6.10 Å². The van der Waals surface area contributed by atoms with Gasteiger partial charge in [-0.2, -0.15) is 0 Å². The van der Waals surface area contributed by atoms with Crippen molar-refractivity contribution in [2.45, 2.75) is 24.8 Å². The molecular weight excluding hydrogens is 188 g/mol. The lowest BCUT2D eigenvalue weighted by atomic mass is 10.4. The fraction of sp³-hybridized carbons (Fsp3) is 0.375. The number of aromatic nitrogens is 1. The van der Waals surface area contributed by atoms with Crippen LogP contribution >= 0.6 is 0 Å².